The molecule has 0 radical (unpaired) electrons. The number of carbonyl (C=O) groups is 1. The number of amides is 1. The van der Waals surface area contributed by atoms with E-state index in [1.165, 1.54) is 31.2 Å². The predicted molar refractivity (Wildman–Crippen MR) is 198 cm³/mol. The summed E-state index contributed by atoms with van der Waals surface area (Å²) in [4.78, 5) is 15.6. The second kappa shape index (κ2) is 16.8. The van der Waals surface area contributed by atoms with Crippen LogP contribution in [-0.2, 0) is 28.0 Å². The summed E-state index contributed by atoms with van der Waals surface area (Å²) in [7, 11) is 0.937. The molecule has 1 unspecified atom stereocenters. The molecule has 12 heteroatoms. The molecule has 1 saturated heterocycles. The van der Waals surface area contributed by atoms with Crippen molar-refractivity contribution in [3.63, 3.8) is 0 Å². The average molecular weight is 769 g/mol. The number of piperidine rings is 1. The fourth-order valence-electron chi connectivity index (χ4n) is 5.18. The van der Waals surface area contributed by atoms with Gasteiger partial charge in [-0.05, 0) is 66.7 Å². The van der Waals surface area contributed by atoms with Gasteiger partial charge in [-0.2, -0.15) is 13.2 Å². The van der Waals surface area contributed by atoms with Crippen molar-refractivity contribution in [2.75, 3.05) is 44.7 Å². The van der Waals surface area contributed by atoms with Crippen LogP contribution in [0.1, 0.15) is 70.0 Å². The third-order valence-corrected chi connectivity index (χ3v) is 8.70. The van der Waals surface area contributed by atoms with Crippen LogP contribution in [0.3, 0.4) is 0 Å². The highest BCUT2D eigenvalue weighted by atomic mass is 32.2. The van der Waals surface area contributed by atoms with E-state index in [-0.39, 0.29) is 38.9 Å². The summed E-state index contributed by atoms with van der Waals surface area (Å²) in [6.45, 7) is -14.1. The highest BCUT2D eigenvalue weighted by Crippen LogP contribution is 2.41. The largest absolute Gasteiger partial charge is 0.416 e. The van der Waals surface area contributed by atoms with Crippen molar-refractivity contribution in [1.82, 2.24) is 9.80 Å². The van der Waals surface area contributed by atoms with Crippen LogP contribution in [0.25, 0.3) is 11.1 Å². The minimum Gasteiger partial charge on any atom is -0.384 e. The molecule has 280 valence electrons. The van der Waals surface area contributed by atoms with E-state index in [0.717, 1.165) is 43.5 Å². The lowest BCUT2D eigenvalue weighted by molar-refractivity contribution is -0.137. The number of alkyl halides is 3. The number of hydrogen-bond acceptors (Lipinski definition) is 6. The van der Waals surface area contributed by atoms with Gasteiger partial charge in [-0.1, -0.05) is 66.2 Å². The SMILES string of the molecule is [2H]C1=C(SC([2H])([2H])c2cccc(F)c2F)N(CC(=O)N(Cc2ccc(-c3ccc(C(F)(F)F)cc3)cc2)C2([2H])C([2H])([2H])C([2H])([2H])N(C([2H])([2H])COC)C([2H])([2H])C2([2H])[2H])c2c([2H])c([2H])c(C)c([2H])c2C1O. The van der Waals surface area contributed by atoms with Gasteiger partial charge >= 0.3 is 6.18 Å². The number of rotatable bonds is 12. The third-order valence-electron chi connectivity index (χ3n) is 7.85. The Morgan fingerprint density at radius 3 is 2.42 bits per heavy atom. The summed E-state index contributed by atoms with van der Waals surface area (Å²) < 4.78 is 227. The molecule has 0 aromatic heterocycles. The molecule has 0 spiro atoms. The number of likely N-dealkylation sites (tertiary alicyclic amines) is 1. The molecule has 0 aliphatic carbocycles. The van der Waals surface area contributed by atoms with Crippen molar-refractivity contribution in [3.8, 4) is 11.1 Å². The van der Waals surface area contributed by atoms with Crippen molar-refractivity contribution in [2.24, 2.45) is 0 Å². The van der Waals surface area contributed by atoms with Crippen LogP contribution in [0, 0.1) is 18.6 Å². The molecule has 1 N–H and O–H groups in total. The van der Waals surface area contributed by atoms with E-state index in [9.17, 15) is 29.5 Å². The molecular weight excluding hydrogens is 710 g/mol. The topological polar surface area (TPSA) is 56.3 Å². The summed E-state index contributed by atoms with van der Waals surface area (Å²) in [6, 6.07) is 3.99. The molecule has 2 aliphatic rings. The maximum atomic E-state index is 15.4. The fraction of sp³-hybridized carbons (Fsp3) is 0.341. The molecule has 2 aliphatic heterocycles. The van der Waals surface area contributed by atoms with Gasteiger partial charge in [0.2, 0.25) is 5.91 Å². The number of ether oxygens (including phenoxy) is 1. The quantitative estimate of drug-likeness (QED) is 0.146. The van der Waals surface area contributed by atoms with Crippen molar-refractivity contribution >= 4 is 23.4 Å². The first-order chi connectivity index (χ1) is 32.0. The van der Waals surface area contributed by atoms with Gasteiger partial charge in [-0.3, -0.25) is 4.79 Å². The lowest BCUT2D eigenvalue weighted by atomic mass is 9.99. The monoisotopic (exact) mass is 768 g/mol. The Kier molecular flexibility index (Phi) is 7.06. The number of nitrogens with zero attached hydrogens (tertiary/aromatic N) is 3. The molecule has 2 heterocycles. The summed E-state index contributed by atoms with van der Waals surface area (Å²) >= 11 is -0.122. The maximum absolute atomic E-state index is 15.4. The Balaban J connectivity index is 1.59. The second-order valence-electron chi connectivity index (χ2n) is 11.5. The molecule has 1 fully saturated rings. The molecule has 53 heavy (non-hydrogen) atoms. The number of anilines is 1. The van der Waals surface area contributed by atoms with Crippen molar-refractivity contribution in [2.45, 2.75) is 50.2 Å². The van der Waals surface area contributed by atoms with E-state index in [0.29, 0.717) is 11.0 Å². The fourth-order valence-corrected chi connectivity index (χ4v) is 5.98. The van der Waals surface area contributed by atoms with Gasteiger partial charge in [0, 0.05) is 78.1 Å². The number of methoxy groups -OCH3 is 1. The van der Waals surface area contributed by atoms with Gasteiger partial charge < -0.3 is 24.5 Å². The normalized spacial score (nSPS) is 26.5. The summed E-state index contributed by atoms with van der Waals surface area (Å²) in [5.74, 6) is -4.89. The Bertz CT molecular complexity index is 2700. The number of fused-ring (bicyclic) bond motifs is 1. The van der Waals surface area contributed by atoms with Crippen molar-refractivity contribution in [1.29, 1.82) is 0 Å². The highest BCUT2D eigenvalue weighted by molar-refractivity contribution is 8.02. The summed E-state index contributed by atoms with van der Waals surface area (Å²) in [6.07, 6.45) is -15.3. The Morgan fingerprint density at radius 2 is 1.75 bits per heavy atom. The van der Waals surface area contributed by atoms with Crippen LogP contribution in [-0.4, -0.2) is 66.6 Å². The zero-order valence-electron chi connectivity index (χ0n) is 45.0. The van der Waals surface area contributed by atoms with E-state index in [4.69, 9.17) is 21.2 Å². The Morgan fingerprint density at radius 1 is 1.08 bits per heavy atom. The zero-order chi connectivity index (χ0) is 52.9. The zero-order valence-corrected chi connectivity index (χ0v) is 28.8. The third kappa shape index (κ3) is 9.29. The van der Waals surface area contributed by atoms with Gasteiger partial charge in [0.25, 0.3) is 0 Å². The Labute approximate surface area is 334 Å². The predicted octanol–water partition coefficient (Wildman–Crippen LogP) is 8.73. The van der Waals surface area contributed by atoms with Crippen LogP contribution in [0.2, 0.25) is 0 Å². The van der Waals surface area contributed by atoms with Gasteiger partial charge in [0.1, 0.15) is 12.6 Å². The number of thioether (sulfide) groups is 1. The highest BCUT2D eigenvalue weighted by Gasteiger charge is 2.33. The molecule has 0 saturated carbocycles. The number of benzene rings is 4. The molecule has 0 bridgehead atoms. The molecular formula is C41H42F5N3O3S. The van der Waals surface area contributed by atoms with E-state index in [1.807, 2.05) is 0 Å². The van der Waals surface area contributed by atoms with Gasteiger partial charge in [0.15, 0.2) is 11.6 Å². The molecule has 1 amide bonds. The van der Waals surface area contributed by atoms with E-state index >= 15 is 9.18 Å². The van der Waals surface area contributed by atoms with Crippen LogP contribution in [0.4, 0.5) is 27.6 Å². The molecule has 1 atom stereocenters. The van der Waals surface area contributed by atoms with Crippen LogP contribution < -0.4 is 4.90 Å². The van der Waals surface area contributed by atoms with Crippen molar-refractivity contribution in [3.05, 3.63) is 135 Å². The van der Waals surface area contributed by atoms with Crippen LogP contribution >= 0.6 is 11.8 Å². The smallest absolute Gasteiger partial charge is 0.384 e. The Hall–Kier alpha value is -4.23. The first-order valence-electron chi connectivity index (χ1n) is 24.2. The molecule has 4 aromatic carbocycles. The van der Waals surface area contributed by atoms with Crippen molar-refractivity contribution < 1.29 is 59.9 Å². The maximum Gasteiger partial charge on any atom is 0.416 e. The van der Waals surface area contributed by atoms with E-state index < -0.39 is 150 Å². The van der Waals surface area contributed by atoms with Gasteiger partial charge in [0.05, 0.1) is 24.1 Å². The minimum absolute atomic E-state index is 0.0531. The lowest BCUT2D eigenvalue weighted by Crippen LogP contribution is -2.50. The van der Waals surface area contributed by atoms with Gasteiger partial charge in [-0.15, -0.1) is 11.8 Å². The number of carbonyl (C=O) groups excluding carboxylic acids is 1. The first-order valence-corrected chi connectivity index (χ1v) is 16.6. The number of aliphatic hydroxyl groups excluding tert-OH is 1. The summed E-state index contributed by atoms with van der Waals surface area (Å²) in [5, 5.41) is 10.7. The molecule has 6 nitrogen and oxygen atoms in total. The lowest BCUT2D eigenvalue weighted by Gasteiger charge is -2.40. The molecule has 4 aromatic rings. The minimum atomic E-state index is -4.67. The molecule has 6 rings (SSSR count). The van der Waals surface area contributed by atoms with Gasteiger partial charge in [-0.25, -0.2) is 8.78 Å². The van der Waals surface area contributed by atoms with Crippen LogP contribution in [0.15, 0.2) is 95.9 Å². The standard InChI is InChI=1S/C41H42F5N3O3S/c1-27-6-15-36-34(22-27)37(50)23-39(53-26-31-4-3-5-35(42)40(31)43)49(36)25-38(51)48(33-16-18-47(19-17-33)20-21-52-2)24-28-7-9-29(10-8-28)30-11-13-32(14-12-30)41(44,45)46/h3-15,22-23,33,37,50H,16-21,24-26H2,1-2H3/i6D,15D,16D2,17D2,18D2,19D2,20D2,22D,23D,26D2,33D. The van der Waals surface area contributed by atoms with E-state index in [2.05, 4.69) is 0 Å². The number of hydrogen-bond donors (Lipinski definition) is 1. The van der Waals surface area contributed by atoms with E-state index in [1.54, 1.807) is 0 Å². The summed E-state index contributed by atoms with van der Waals surface area (Å²) in [5.41, 5.74) is -6.23. The first kappa shape index (κ1) is 22.2. The number of halogens is 5. The average Bonchev–Trinajstić information content (AvgIpc) is 3.26. The second-order valence-corrected chi connectivity index (χ2v) is 12.3. The number of aliphatic hydroxyl groups is 1. The van der Waals surface area contributed by atoms with Crippen LogP contribution in [0.5, 0.6) is 0 Å².